The number of ether oxygens (including phenoxy) is 3. The molecule has 7 nitrogen and oxygen atoms in total. The predicted octanol–water partition coefficient (Wildman–Crippen LogP) is 4.02. The smallest absolute Gasteiger partial charge is 0.251 e. The number of hydrogen-bond acceptors (Lipinski definition) is 5. The molecule has 4 rings (SSSR count). The van der Waals surface area contributed by atoms with Crippen LogP contribution in [-0.4, -0.2) is 28.7 Å². The third kappa shape index (κ3) is 4.43. The number of aromatic nitrogens is 2. The minimum Gasteiger partial charge on any atom is -0.486 e. The molecule has 2 heterocycles. The summed E-state index contributed by atoms with van der Waals surface area (Å²) in [6, 6.07) is 10.6. The summed E-state index contributed by atoms with van der Waals surface area (Å²) in [4.78, 5) is 16.9. The first-order chi connectivity index (χ1) is 14.5. The first-order valence-corrected chi connectivity index (χ1v) is 10.4. The summed E-state index contributed by atoms with van der Waals surface area (Å²) >= 11 is 3.56. The predicted molar refractivity (Wildman–Crippen MR) is 115 cm³/mol. The number of benzene rings is 2. The highest BCUT2D eigenvalue weighted by molar-refractivity contribution is 9.10. The van der Waals surface area contributed by atoms with Gasteiger partial charge in [-0.2, -0.15) is 0 Å². The lowest BCUT2D eigenvalue weighted by molar-refractivity contribution is 0.0939. The zero-order chi connectivity index (χ0) is 21.1. The Morgan fingerprint density at radius 3 is 2.60 bits per heavy atom. The molecular formula is C22H22BrN3O4. The Morgan fingerprint density at radius 2 is 1.93 bits per heavy atom. The largest absolute Gasteiger partial charge is 0.486 e. The standard InChI is InChI=1S/C22H22BrN3O4/c1-14(17-11-19-20(12-18(17)23)29-10-9-28-19)25-22(27)15-3-5-16(6-4-15)30-13-21-24-7-8-26(21)2/h3-8,11-12,14H,9-10,13H2,1-2H3,(H,25,27). The minimum atomic E-state index is -0.220. The van der Waals surface area contributed by atoms with E-state index in [4.69, 9.17) is 14.2 Å². The molecule has 0 saturated carbocycles. The van der Waals surface area contributed by atoms with Crippen LogP contribution in [0.15, 0.2) is 53.3 Å². The number of carbonyl (C=O) groups excluding carboxylic acids is 1. The van der Waals surface area contributed by atoms with Crippen molar-refractivity contribution in [1.82, 2.24) is 14.9 Å². The van der Waals surface area contributed by atoms with Crippen molar-refractivity contribution in [3.8, 4) is 17.2 Å². The number of halogens is 1. The Morgan fingerprint density at radius 1 is 1.23 bits per heavy atom. The highest BCUT2D eigenvalue weighted by atomic mass is 79.9. The molecule has 1 aromatic heterocycles. The summed E-state index contributed by atoms with van der Waals surface area (Å²) in [5.74, 6) is 2.74. The zero-order valence-electron chi connectivity index (χ0n) is 16.7. The van der Waals surface area contributed by atoms with Gasteiger partial charge in [-0.1, -0.05) is 15.9 Å². The molecule has 0 radical (unpaired) electrons. The number of aryl methyl sites for hydroxylation is 1. The molecule has 2 aromatic carbocycles. The maximum absolute atomic E-state index is 12.7. The molecule has 0 bridgehead atoms. The van der Waals surface area contributed by atoms with Gasteiger partial charge in [0.2, 0.25) is 0 Å². The van der Waals surface area contributed by atoms with Crippen LogP contribution in [0.1, 0.15) is 34.7 Å². The van der Waals surface area contributed by atoms with Gasteiger partial charge in [0.05, 0.1) is 6.04 Å². The van der Waals surface area contributed by atoms with Crippen LogP contribution >= 0.6 is 15.9 Å². The fraction of sp³-hybridized carbons (Fsp3) is 0.273. The van der Waals surface area contributed by atoms with Crippen LogP contribution < -0.4 is 19.5 Å². The van der Waals surface area contributed by atoms with E-state index in [9.17, 15) is 4.79 Å². The third-order valence-corrected chi connectivity index (χ3v) is 5.57. The van der Waals surface area contributed by atoms with Gasteiger partial charge in [-0.15, -0.1) is 0 Å². The molecule has 156 valence electrons. The van der Waals surface area contributed by atoms with Crippen molar-refractivity contribution in [3.05, 3.63) is 70.2 Å². The molecule has 0 spiro atoms. The number of rotatable bonds is 6. The van der Waals surface area contributed by atoms with E-state index >= 15 is 0 Å². The molecule has 0 saturated heterocycles. The van der Waals surface area contributed by atoms with E-state index in [2.05, 4.69) is 26.2 Å². The van der Waals surface area contributed by atoms with Crippen LogP contribution in [0.5, 0.6) is 17.2 Å². The van der Waals surface area contributed by atoms with Crippen LogP contribution in [0.2, 0.25) is 0 Å². The van der Waals surface area contributed by atoms with Gasteiger partial charge in [-0.3, -0.25) is 4.79 Å². The molecule has 3 aromatic rings. The van der Waals surface area contributed by atoms with E-state index < -0.39 is 0 Å². The average Bonchev–Trinajstić information content (AvgIpc) is 3.16. The molecule has 1 unspecified atom stereocenters. The number of fused-ring (bicyclic) bond motifs is 1. The lowest BCUT2D eigenvalue weighted by atomic mass is 10.1. The molecule has 30 heavy (non-hydrogen) atoms. The maximum atomic E-state index is 12.7. The van der Waals surface area contributed by atoms with Crippen LogP contribution in [-0.2, 0) is 13.7 Å². The summed E-state index contributed by atoms with van der Waals surface area (Å²) in [5.41, 5.74) is 1.47. The fourth-order valence-corrected chi connectivity index (χ4v) is 3.82. The Bertz CT molecular complexity index is 1050. The van der Waals surface area contributed by atoms with Crippen LogP contribution in [0.25, 0.3) is 0 Å². The van der Waals surface area contributed by atoms with E-state index in [1.54, 1.807) is 30.5 Å². The number of hydrogen-bond donors (Lipinski definition) is 1. The fourth-order valence-electron chi connectivity index (χ4n) is 3.16. The second kappa shape index (κ2) is 8.79. The molecule has 1 aliphatic heterocycles. The van der Waals surface area contributed by atoms with Gasteiger partial charge in [-0.05, 0) is 48.9 Å². The lowest BCUT2D eigenvalue weighted by Crippen LogP contribution is -2.27. The zero-order valence-corrected chi connectivity index (χ0v) is 18.3. The Labute approximate surface area is 183 Å². The van der Waals surface area contributed by atoms with Gasteiger partial charge < -0.3 is 24.1 Å². The van der Waals surface area contributed by atoms with Gasteiger partial charge in [-0.25, -0.2) is 4.98 Å². The first-order valence-electron chi connectivity index (χ1n) is 9.60. The summed E-state index contributed by atoms with van der Waals surface area (Å²) in [5, 5.41) is 3.02. The van der Waals surface area contributed by atoms with Crippen LogP contribution in [0.3, 0.4) is 0 Å². The SMILES string of the molecule is CC(NC(=O)c1ccc(OCc2nccn2C)cc1)c1cc2c(cc1Br)OCCO2. The van der Waals surface area contributed by atoms with E-state index in [0.717, 1.165) is 15.9 Å². The second-order valence-electron chi connectivity index (χ2n) is 6.98. The molecule has 8 heteroatoms. The molecular weight excluding hydrogens is 450 g/mol. The number of nitrogens with one attached hydrogen (secondary N) is 1. The van der Waals surface area contributed by atoms with Gasteiger partial charge in [0.1, 0.15) is 31.4 Å². The third-order valence-electron chi connectivity index (χ3n) is 4.88. The van der Waals surface area contributed by atoms with Gasteiger partial charge in [0.25, 0.3) is 5.91 Å². The highest BCUT2D eigenvalue weighted by Crippen LogP contribution is 2.37. The molecule has 1 atom stereocenters. The van der Waals surface area contributed by atoms with Gasteiger partial charge in [0, 0.05) is 29.5 Å². The van der Waals surface area contributed by atoms with Crippen LogP contribution in [0.4, 0.5) is 0 Å². The number of nitrogens with zero attached hydrogens (tertiary/aromatic N) is 2. The van der Waals surface area contributed by atoms with Crippen LogP contribution in [0, 0.1) is 0 Å². The van der Waals surface area contributed by atoms with E-state index in [1.165, 1.54) is 0 Å². The van der Waals surface area contributed by atoms with E-state index in [-0.39, 0.29) is 11.9 Å². The molecule has 1 N–H and O–H groups in total. The molecule has 1 aliphatic rings. The molecule has 0 aliphatic carbocycles. The Kier molecular flexibility index (Phi) is 5.94. The minimum absolute atomic E-state index is 0.167. The van der Waals surface area contributed by atoms with Crippen molar-refractivity contribution >= 4 is 21.8 Å². The lowest BCUT2D eigenvalue weighted by Gasteiger charge is -2.22. The van der Waals surface area contributed by atoms with Gasteiger partial charge in [0.15, 0.2) is 11.5 Å². The Hall–Kier alpha value is -3.00. The normalized spacial score (nSPS) is 13.6. The summed E-state index contributed by atoms with van der Waals surface area (Å²) < 4.78 is 19.7. The van der Waals surface area contributed by atoms with Crippen molar-refractivity contribution in [2.75, 3.05) is 13.2 Å². The second-order valence-corrected chi connectivity index (χ2v) is 7.83. The van der Waals surface area contributed by atoms with Crippen molar-refractivity contribution in [2.45, 2.75) is 19.6 Å². The van der Waals surface area contributed by atoms with Crippen molar-refractivity contribution in [1.29, 1.82) is 0 Å². The maximum Gasteiger partial charge on any atom is 0.251 e. The summed E-state index contributed by atoms with van der Waals surface area (Å²) in [7, 11) is 1.92. The van der Waals surface area contributed by atoms with Crippen molar-refractivity contribution < 1.29 is 19.0 Å². The summed E-state index contributed by atoms with van der Waals surface area (Å²) in [6.45, 7) is 3.35. The average molecular weight is 472 g/mol. The quantitative estimate of drug-likeness (QED) is 0.587. The van der Waals surface area contributed by atoms with Crippen molar-refractivity contribution in [2.24, 2.45) is 7.05 Å². The topological polar surface area (TPSA) is 74.6 Å². The molecule has 0 fully saturated rings. The number of amides is 1. The van der Waals surface area contributed by atoms with Gasteiger partial charge >= 0.3 is 0 Å². The Balaban J connectivity index is 1.39. The first kappa shape index (κ1) is 20.3. The summed E-state index contributed by atoms with van der Waals surface area (Å²) in [6.07, 6.45) is 3.60. The number of carbonyl (C=O) groups is 1. The number of imidazole rings is 1. The molecule has 1 amide bonds. The van der Waals surface area contributed by atoms with E-state index in [0.29, 0.717) is 42.6 Å². The monoisotopic (exact) mass is 471 g/mol. The van der Waals surface area contributed by atoms with Crippen molar-refractivity contribution in [3.63, 3.8) is 0 Å². The highest BCUT2D eigenvalue weighted by Gasteiger charge is 2.19. The van der Waals surface area contributed by atoms with E-state index in [1.807, 2.05) is 36.9 Å².